The molecule has 0 aliphatic heterocycles. The Bertz CT molecular complexity index is 202. The van der Waals surface area contributed by atoms with Gasteiger partial charge in [-0.25, -0.2) is 0 Å². The minimum atomic E-state index is -0.235. The van der Waals surface area contributed by atoms with E-state index in [2.05, 4.69) is 13.0 Å². The van der Waals surface area contributed by atoms with Crippen molar-refractivity contribution < 1.29 is 10.2 Å². The second kappa shape index (κ2) is 16.7. The molecular formula is C18H36O2. The van der Waals surface area contributed by atoms with Crippen LogP contribution >= 0.6 is 0 Å². The number of hydrogen-bond donors (Lipinski definition) is 2. The van der Waals surface area contributed by atoms with Crippen molar-refractivity contribution in [2.45, 2.75) is 96.5 Å². The molecule has 20 heavy (non-hydrogen) atoms. The van der Waals surface area contributed by atoms with Crippen LogP contribution in [0.1, 0.15) is 90.4 Å². The van der Waals surface area contributed by atoms with Crippen LogP contribution in [0.5, 0.6) is 0 Å². The van der Waals surface area contributed by atoms with Gasteiger partial charge in [0.25, 0.3) is 0 Å². The Balaban J connectivity index is 3.23. The normalized spacial score (nSPS) is 13.2. The molecule has 0 saturated carbocycles. The third-order valence-corrected chi connectivity index (χ3v) is 3.74. The van der Waals surface area contributed by atoms with E-state index in [0.717, 1.165) is 32.1 Å². The average molecular weight is 284 g/mol. The number of hydrogen-bond acceptors (Lipinski definition) is 2. The highest BCUT2D eigenvalue weighted by Crippen LogP contribution is 2.10. The lowest BCUT2D eigenvalue weighted by Crippen LogP contribution is -2.01. The van der Waals surface area contributed by atoms with E-state index in [0.29, 0.717) is 6.61 Å². The van der Waals surface area contributed by atoms with Crippen molar-refractivity contribution in [2.75, 3.05) is 6.61 Å². The van der Waals surface area contributed by atoms with Crippen LogP contribution in [0.3, 0.4) is 0 Å². The van der Waals surface area contributed by atoms with E-state index < -0.39 is 0 Å². The maximum absolute atomic E-state index is 9.80. The molecular weight excluding hydrogens is 248 g/mol. The molecule has 0 bridgehead atoms. The molecule has 0 radical (unpaired) electrons. The molecule has 0 heterocycles. The van der Waals surface area contributed by atoms with E-state index in [4.69, 9.17) is 5.11 Å². The Hall–Kier alpha value is -0.340. The zero-order valence-electron chi connectivity index (χ0n) is 13.5. The lowest BCUT2D eigenvalue weighted by Gasteiger charge is -2.05. The second-order valence-electron chi connectivity index (χ2n) is 5.83. The minimum absolute atomic E-state index is 0.235. The molecule has 2 heteroatoms. The van der Waals surface area contributed by atoms with Crippen LogP contribution in [0.2, 0.25) is 0 Å². The van der Waals surface area contributed by atoms with Gasteiger partial charge in [0.2, 0.25) is 0 Å². The van der Waals surface area contributed by atoms with Gasteiger partial charge in [0.1, 0.15) is 0 Å². The van der Waals surface area contributed by atoms with E-state index in [1.807, 2.05) is 6.08 Å². The molecule has 0 aliphatic rings. The maximum Gasteiger partial charge on any atom is 0.0720 e. The summed E-state index contributed by atoms with van der Waals surface area (Å²) in [6.07, 6.45) is 19.3. The predicted octanol–water partition coefficient (Wildman–Crippen LogP) is 4.99. The highest BCUT2D eigenvalue weighted by molar-refractivity contribution is 4.88. The summed E-state index contributed by atoms with van der Waals surface area (Å²) in [4.78, 5) is 0. The van der Waals surface area contributed by atoms with Gasteiger partial charge in [-0.3, -0.25) is 0 Å². The summed E-state index contributed by atoms with van der Waals surface area (Å²) >= 11 is 0. The number of aliphatic hydroxyl groups is 2. The third-order valence-electron chi connectivity index (χ3n) is 3.74. The number of rotatable bonds is 15. The first-order chi connectivity index (χ1) is 9.81. The number of unbranched alkanes of at least 4 members (excludes halogenated alkanes) is 10. The van der Waals surface area contributed by atoms with Gasteiger partial charge in [-0.05, 0) is 25.7 Å². The molecule has 0 spiro atoms. The van der Waals surface area contributed by atoms with Gasteiger partial charge in [0.15, 0.2) is 0 Å². The summed E-state index contributed by atoms with van der Waals surface area (Å²) < 4.78 is 0. The summed E-state index contributed by atoms with van der Waals surface area (Å²) in [7, 11) is 0. The van der Waals surface area contributed by atoms with Crippen LogP contribution in [-0.2, 0) is 0 Å². The van der Waals surface area contributed by atoms with Gasteiger partial charge in [0, 0.05) is 6.61 Å². The molecule has 0 saturated heterocycles. The standard InChI is InChI=1S/C18H36O2/c1-2-3-4-9-12-15-18(20)16-13-10-7-5-6-8-11-14-17-19/h13,16,18-20H,2-12,14-15,17H2,1H3/b16-13+. The van der Waals surface area contributed by atoms with E-state index in [1.165, 1.54) is 51.4 Å². The van der Waals surface area contributed by atoms with Gasteiger partial charge in [0.05, 0.1) is 6.10 Å². The quantitative estimate of drug-likeness (QED) is 0.328. The van der Waals surface area contributed by atoms with Crippen molar-refractivity contribution in [2.24, 2.45) is 0 Å². The summed E-state index contributed by atoms with van der Waals surface area (Å²) in [6, 6.07) is 0. The first-order valence-electron chi connectivity index (χ1n) is 8.76. The Morgan fingerprint density at radius 3 is 2.10 bits per heavy atom. The molecule has 2 N–H and O–H groups in total. The largest absolute Gasteiger partial charge is 0.396 e. The van der Waals surface area contributed by atoms with E-state index in [9.17, 15) is 5.11 Å². The Morgan fingerprint density at radius 2 is 1.40 bits per heavy atom. The third kappa shape index (κ3) is 15.7. The predicted molar refractivity (Wildman–Crippen MR) is 87.9 cm³/mol. The molecule has 0 aliphatic carbocycles. The molecule has 0 amide bonds. The van der Waals surface area contributed by atoms with Crippen LogP contribution in [-0.4, -0.2) is 22.9 Å². The summed E-state index contributed by atoms with van der Waals surface area (Å²) in [5.41, 5.74) is 0. The van der Waals surface area contributed by atoms with Gasteiger partial charge >= 0.3 is 0 Å². The van der Waals surface area contributed by atoms with Gasteiger partial charge in [-0.2, -0.15) is 0 Å². The second-order valence-corrected chi connectivity index (χ2v) is 5.83. The summed E-state index contributed by atoms with van der Waals surface area (Å²) in [6.45, 7) is 2.56. The van der Waals surface area contributed by atoms with Crippen molar-refractivity contribution in [1.82, 2.24) is 0 Å². The van der Waals surface area contributed by atoms with Crippen LogP contribution in [0.15, 0.2) is 12.2 Å². The Morgan fingerprint density at radius 1 is 0.800 bits per heavy atom. The lowest BCUT2D eigenvalue weighted by atomic mass is 10.1. The molecule has 1 unspecified atom stereocenters. The zero-order valence-corrected chi connectivity index (χ0v) is 13.5. The average Bonchev–Trinajstić information content (AvgIpc) is 2.45. The summed E-state index contributed by atoms with van der Waals surface area (Å²) in [5, 5.41) is 18.5. The van der Waals surface area contributed by atoms with Crippen LogP contribution in [0.4, 0.5) is 0 Å². The van der Waals surface area contributed by atoms with Gasteiger partial charge in [-0.1, -0.05) is 76.9 Å². The minimum Gasteiger partial charge on any atom is -0.396 e. The lowest BCUT2D eigenvalue weighted by molar-refractivity contribution is 0.207. The van der Waals surface area contributed by atoms with Crippen molar-refractivity contribution in [3.8, 4) is 0 Å². The van der Waals surface area contributed by atoms with Crippen LogP contribution < -0.4 is 0 Å². The molecule has 2 nitrogen and oxygen atoms in total. The fraction of sp³-hybridized carbons (Fsp3) is 0.889. The number of aliphatic hydroxyl groups excluding tert-OH is 2. The SMILES string of the molecule is CCCCCCCC(O)/C=C/CCCCCCCCO. The molecule has 0 aromatic carbocycles. The topological polar surface area (TPSA) is 40.5 Å². The maximum atomic E-state index is 9.80. The van der Waals surface area contributed by atoms with Crippen molar-refractivity contribution in [3.05, 3.63) is 12.2 Å². The highest BCUT2D eigenvalue weighted by Gasteiger charge is 1.98. The number of allylic oxidation sites excluding steroid dienone is 1. The van der Waals surface area contributed by atoms with Crippen LogP contribution in [0, 0.1) is 0 Å². The first kappa shape index (κ1) is 19.7. The first-order valence-corrected chi connectivity index (χ1v) is 8.76. The molecule has 0 fully saturated rings. The fourth-order valence-electron chi connectivity index (χ4n) is 2.39. The molecule has 0 aromatic rings. The highest BCUT2D eigenvalue weighted by atomic mass is 16.3. The van der Waals surface area contributed by atoms with Crippen molar-refractivity contribution >= 4 is 0 Å². The van der Waals surface area contributed by atoms with E-state index in [1.54, 1.807) is 0 Å². The fourth-order valence-corrected chi connectivity index (χ4v) is 2.39. The monoisotopic (exact) mass is 284 g/mol. The molecule has 1 atom stereocenters. The smallest absolute Gasteiger partial charge is 0.0720 e. The van der Waals surface area contributed by atoms with Crippen molar-refractivity contribution in [3.63, 3.8) is 0 Å². The Labute approximate surface area is 126 Å². The Kier molecular flexibility index (Phi) is 16.4. The van der Waals surface area contributed by atoms with Crippen LogP contribution in [0.25, 0.3) is 0 Å². The molecule has 0 aromatic heterocycles. The van der Waals surface area contributed by atoms with Crippen molar-refractivity contribution in [1.29, 1.82) is 0 Å². The van der Waals surface area contributed by atoms with Gasteiger partial charge in [-0.15, -0.1) is 0 Å². The summed E-state index contributed by atoms with van der Waals surface area (Å²) in [5.74, 6) is 0. The molecule has 0 rings (SSSR count). The van der Waals surface area contributed by atoms with E-state index >= 15 is 0 Å². The van der Waals surface area contributed by atoms with Gasteiger partial charge < -0.3 is 10.2 Å². The van der Waals surface area contributed by atoms with E-state index in [-0.39, 0.29) is 6.10 Å². The zero-order chi connectivity index (χ0) is 14.9. The molecule has 120 valence electrons.